The number of pyridine rings is 1. The van der Waals surface area contributed by atoms with Gasteiger partial charge in [0.15, 0.2) is 0 Å². The van der Waals surface area contributed by atoms with Crippen LogP contribution in [-0.4, -0.2) is 53.9 Å². The first kappa shape index (κ1) is 17.8. The van der Waals surface area contributed by atoms with Crippen molar-refractivity contribution in [2.24, 2.45) is 5.92 Å². The topological polar surface area (TPSA) is 114 Å². The SMILES string of the molecule is COC(=O)c1ccc(S(=O)(=O)N2C(C(=O)O)CC3CCCCC32)cn1. The first-order chi connectivity index (χ1) is 11.9. The van der Waals surface area contributed by atoms with Gasteiger partial charge in [0.1, 0.15) is 16.6 Å². The maximum absolute atomic E-state index is 13.1. The van der Waals surface area contributed by atoms with Gasteiger partial charge in [-0.25, -0.2) is 18.2 Å². The Labute approximate surface area is 145 Å². The fourth-order valence-electron chi connectivity index (χ4n) is 3.86. The summed E-state index contributed by atoms with van der Waals surface area (Å²) in [7, 11) is -2.81. The van der Waals surface area contributed by atoms with Crippen LogP contribution in [0.25, 0.3) is 0 Å². The number of fused-ring (bicyclic) bond motifs is 1. The van der Waals surface area contributed by atoms with Crippen molar-refractivity contribution in [3.8, 4) is 0 Å². The second-order valence-corrected chi connectivity index (χ2v) is 8.25. The molecule has 25 heavy (non-hydrogen) atoms. The third kappa shape index (κ3) is 3.13. The molecule has 2 aliphatic rings. The van der Waals surface area contributed by atoms with Crippen LogP contribution < -0.4 is 0 Å². The smallest absolute Gasteiger partial charge is 0.356 e. The average Bonchev–Trinajstić information content (AvgIpc) is 3.02. The van der Waals surface area contributed by atoms with E-state index in [1.807, 2.05) is 0 Å². The van der Waals surface area contributed by atoms with Gasteiger partial charge in [0.05, 0.1) is 7.11 Å². The largest absolute Gasteiger partial charge is 0.480 e. The molecule has 2 fully saturated rings. The molecule has 1 saturated heterocycles. The molecule has 1 aromatic rings. The second kappa shape index (κ2) is 6.72. The molecule has 1 aliphatic carbocycles. The number of hydrogen-bond donors (Lipinski definition) is 1. The molecule has 1 N–H and O–H groups in total. The summed E-state index contributed by atoms with van der Waals surface area (Å²) in [6.07, 6.45) is 4.82. The van der Waals surface area contributed by atoms with Crippen molar-refractivity contribution < 1.29 is 27.9 Å². The Balaban J connectivity index is 1.96. The number of nitrogens with zero attached hydrogens (tertiary/aromatic N) is 2. The number of methoxy groups -OCH3 is 1. The van der Waals surface area contributed by atoms with Crippen LogP contribution in [-0.2, 0) is 19.6 Å². The molecule has 8 nitrogen and oxygen atoms in total. The number of hydrogen-bond acceptors (Lipinski definition) is 6. The number of aromatic nitrogens is 1. The monoisotopic (exact) mass is 368 g/mol. The Kier molecular flexibility index (Phi) is 4.79. The molecule has 0 bridgehead atoms. The Morgan fingerprint density at radius 1 is 1.28 bits per heavy atom. The zero-order valence-corrected chi connectivity index (χ0v) is 14.6. The predicted octanol–water partition coefficient (Wildman–Crippen LogP) is 1.27. The average molecular weight is 368 g/mol. The van der Waals surface area contributed by atoms with Gasteiger partial charge in [0, 0.05) is 12.2 Å². The van der Waals surface area contributed by atoms with Crippen LogP contribution in [0.2, 0.25) is 0 Å². The van der Waals surface area contributed by atoms with E-state index in [4.69, 9.17) is 0 Å². The highest BCUT2D eigenvalue weighted by atomic mass is 32.2. The van der Waals surface area contributed by atoms with Crippen LogP contribution in [0.3, 0.4) is 0 Å². The van der Waals surface area contributed by atoms with Gasteiger partial charge in [-0.05, 0) is 37.3 Å². The summed E-state index contributed by atoms with van der Waals surface area (Å²) in [6.45, 7) is 0. The summed E-state index contributed by atoms with van der Waals surface area (Å²) >= 11 is 0. The minimum Gasteiger partial charge on any atom is -0.480 e. The van der Waals surface area contributed by atoms with E-state index in [-0.39, 0.29) is 22.5 Å². The highest BCUT2D eigenvalue weighted by Crippen LogP contribution is 2.42. The van der Waals surface area contributed by atoms with Crippen molar-refractivity contribution in [3.63, 3.8) is 0 Å². The number of ether oxygens (including phenoxy) is 1. The molecular weight excluding hydrogens is 348 g/mol. The van der Waals surface area contributed by atoms with Crippen LogP contribution in [0, 0.1) is 5.92 Å². The number of rotatable bonds is 4. The molecule has 3 unspecified atom stereocenters. The zero-order chi connectivity index (χ0) is 18.2. The summed E-state index contributed by atoms with van der Waals surface area (Å²) < 4.78 is 31.8. The van der Waals surface area contributed by atoms with E-state index in [0.717, 1.165) is 29.8 Å². The van der Waals surface area contributed by atoms with Crippen molar-refractivity contribution in [3.05, 3.63) is 24.0 Å². The molecule has 136 valence electrons. The van der Waals surface area contributed by atoms with E-state index < -0.39 is 28.0 Å². The molecule has 1 saturated carbocycles. The molecular formula is C16H20N2O6S. The van der Waals surface area contributed by atoms with E-state index in [9.17, 15) is 23.1 Å². The highest BCUT2D eigenvalue weighted by Gasteiger charge is 2.51. The fraction of sp³-hybridized carbons (Fsp3) is 0.562. The van der Waals surface area contributed by atoms with Crippen LogP contribution in [0.5, 0.6) is 0 Å². The number of carboxylic acid groups (broad SMARTS) is 1. The van der Waals surface area contributed by atoms with Gasteiger partial charge < -0.3 is 9.84 Å². The molecule has 2 heterocycles. The summed E-state index contributed by atoms with van der Waals surface area (Å²) in [5.41, 5.74) is -0.00630. The molecule has 0 spiro atoms. The van der Waals surface area contributed by atoms with Gasteiger partial charge in [-0.15, -0.1) is 0 Å². The van der Waals surface area contributed by atoms with Gasteiger partial charge in [-0.3, -0.25) is 4.79 Å². The van der Waals surface area contributed by atoms with Crippen molar-refractivity contribution >= 4 is 22.0 Å². The maximum atomic E-state index is 13.1. The lowest BCUT2D eigenvalue weighted by Crippen LogP contribution is -2.46. The van der Waals surface area contributed by atoms with Gasteiger partial charge in [0.2, 0.25) is 10.0 Å². The Morgan fingerprint density at radius 3 is 2.60 bits per heavy atom. The molecule has 9 heteroatoms. The molecule has 1 aromatic heterocycles. The van der Waals surface area contributed by atoms with Crippen LogP contribution in [0.15, 0.2) is 23.2 Å². The Hall–Kier alpha value is -2.00. The van der Waals surface area contributed by atoms with Crippen LogP contribution >= 0.6 is 0 Å². The zero-order valence-electron chi connectivity index (χ0n) is 13.8. The molecule has 1 aliphatic heterocycles. The highest BCUT2D eigenvalue weighted by molar-refractivity contribution is 7.89. The van der Waals surface area contributed by atoms with Crippen molar-refractivity contribution in [2.75, 3.05) is 7.11 Å². The van der Waals surface area contributed by atoms with Crippen molar-refractivity contribution in [1.82, 2.24) is 9.29 Å². The van der Waals surface area contributed by atoms with Gasteiger partial charge >= 0.3 is 11.9 Å². The van der Waals surface area contributed by atoms with E-state index in [1.165, 1.54) is 19.2 Å². The van der Waals surface area contributed by atoms with Gasteiger partial charge in [-0.1, -0.05) is 12.8 Å². The first-order valence-electron chi connectivity index (χ1n) is 8.17. The molecule has 0 radical (unpaired) electrons. The lowest BCUT2D eigenvalue weighted by Gasteiger charge is -2.32. The second-order valence-electron chi connectivity index (χ2n) is 6.41. The third-order valence-corrected chi connectivity index (χ3v) is 6.94. The molecule has 0 aromatic carbocycles. The van der Waals surface area contributed by atoms with E-state index >= 15 is 0 Å². The number of carboxylic acids is 1. The van der Waals surface area contributed by atoms with Gasteiger partial charge in [-0.2, -0.15) is 4.31 Å². The Bertz CT molecular complexity index is 776. The fourth-order valence-corrected chi connectivity index (χ4v) is 5.67. The minimum atomic E-state index is -4.01. The maximum Gasteiger partial charge on any atom is 0.356 e. The molecule has 3 atom stereocenters. The number of carbonyl (C=O) groups is 2. The van der Waals surface area contributed by atoms with Gasteiger partial charge in [0.25, 0.3) is 0 Å². The normalized spacial score (nSPS) is 26.8. The van der Waals surface area contributed by atoms with E-state index in [0.29, 0.717) is 12.8 Å². The minimum absolute atomic E-state index is 0.00630. The summed E-state index contributed by atoms with van der Waals surface area (Å²) in [4.78, 5) is 26.8. The van der Waals surface area contributed by atoms with E-state index in [2.05, 4.69) is 9.72 Å². The predicted molar refractivity (Wildman–Crippen MR) is 86.4 cm³/mol. The van der Waals surface area contributed by atoms with Crippen molar-refractivity contribution in [2.45, 2.75) is 49.1 Å². The lowest BCUT2D eigenvalue weighted by molar-refractivity contribution is -0.141. The lowest BCUT2D eigenvalue weighted by atomic mass is 9.85. The summed E-state index contributed by atoms with van der Waals surface area (Å²) in [5.74, 6) is -1.72. The van der Waals surface area contributed by atoms with Crippen LogP contribution in [0.4, 0.5) is 0 Å². The quantitative estimate of drug-likeness (QED) is 0.796. The van der Waals surface area contributed by atoms with Crippen molar-refractivity contribution in [1.29, 1.82) is 0 Å². The first-order valence-corrected chi connectivity index (χ1v) is 9.61. The van der Waals surface area contributed by atoms with Crippen LogP contribution in [0.1, 0.15) is 42.6 Å². The molecule has 3 rings (SSSR count). The number of esters is 1. The van der Waals surface area contributed by atoms with E-state index in [1.54, 1.807) is 0 Å². The standard InChI is InChI=1S/C16H20N2O6S/c1-24-16(21)12-7-6-11(9-17-12)25(22,23)18-13-5-3-2-4-10(13)8-14(18)15(19)20/h6-7,9-10,13-14H,2-5,8H2,1H3,(H,19,20). The third-order valence-electron chi connectivity index (χ3n) is 5.02. The number of aliphatic carboxylic acids is 1. The molecule has 0 amide bonds. The Morgan fingerprint density at radius 2 is 2.00 bits per heavy atom. The summed E-state index contributed by atoms with van der Waals surface area (Å²) in [6, 6.07) is 1.19. The summed E-state index contributed by atoms with van der Waals surface area (Å²) in [5, 5.41) is 9.51. The number of carbonyl (C=O) groups excluding carboxylic acids is 1. The number of sulfonamides is 1.